The Morgan fingerprint density at radius 1 is 1.60 bits per heavy atom. The average molecular weight is 296 g/mol. The van der Waals surface area contributed by atoms with Crippen LogP contribution in [-0.4, -0.2) is 24.5 Å². The lowest BCUT2D eigenvalue weighted by atomic mass is 10.0. The molecule has 108 valence electrons. The highest BCUT2D eigenvalue weighted by atomic mass is 32.2. The number of carbonyl (C=O) groups excluding carboxylic acids is 1. The van der Waals surface area contributed by atoms with Crippen LogP contribution in [0.1, 0.15) is 31.0 Å². The lowest BCUT2D eigenvalue weighted by Gasteiger charge is -2.16. The Kier molecular flexibility index (Phi) is 5.76. The molecule has 20 heavy (non-hydrogen) atoms. The molecular formula is C14H17FN2O2S. The van der Waals surface area contributed by atoms with Gasteiger partial charge in [0.15, 0.2) is 11.6 Å². The Labute approximate surface area is 121 Å². The summed E-state index contributed by atoms with van der Waals surface area (Å²) in [5, 5.41) is 12.4. The van der Waals surface area contributed by atoms with E-state index < -0.39 is 17.6 Å². The van der Waals surface area contributed by atoms with Gasteiger partial charge in [-0.3, -0.25) is 9.79 Å². The Balaban J connectivity index is 3.38. The van der Waals surface area contributed by atoms with Crippen LogP contribution in [-0.2, 0) is 4.79 Å². The van der Waals surface area contributed by atoms with Crippen LogP contribution in [0.2, 0.25) is 0 Å². The molecule has 6 heteroatoms. The van der Waals surface area contributed by atoms with E-state index in [-0.39, 0.29) is 5.56 Å². The molecule has 0 aromatic heterocycles. The second-order valence-electron chi connectivity index (χ2n) is 4.15. The number of rotatable bonds is 6. The van der Waals surface area contributed by atoms with Crippen LogP contribution in [0, 0.1) is 5.82 Å². The maximum absolute atomic E-state index is 14.3. The number of phenols is 1. The molecule has 1 rings (SSSR count). The van der Waals surface area contributed by atoms with E-state index in [2.05, 4.69) is 17.0 Å². The number of carbonyl (C=O) groups is 1. The molecule has 1 atom stereocenters. The van der Waals surface area contributed by atoms with Crippen molar-refractivity contribution in [3.63, 3.8) is 0 Å². The summed E-state index contributed by atoms with van der Waals surface area (Å²) in [6.07, 6.45) is 2.31. The molecule has 1 aromatic rings. The molecule has 0 heterocycles. The number of allylic oxidation sites excluding steroid dienone is 1. The summed E-state index contributed by atoms with van der Waals surface area (Å²) < 4.78 is 14.3. The van der Waals surface area contributed by atoms with Crippen molar-refractivity contribution in [2.75, 3.05) is 6.26 Å². The molecule has 0 unspecified atom stereocenters. The van der Waals surface area contributed by atoms with Crippen molar-refractivity contribution in [1.82, 2.24) is 5.32 Å². The molecular weight excluding hydrogens is 279 g/mol. The van der Waals surface area contributed by atoms with E-state index in [9.17, 15) is 14.3 Å². The Morgan fingerprint density at radius 3 is 2.75 bits per heavy atom. The molecule has 0 spiro atoms. The van der Waals surface area contributed by atoms with Gasteiger partial charge in [0, 0.05) is 16.0 Å². The first kappa shape index (κ1) is 16.2. The number of thioether (sulfide) groups is 1. The van der Waals surface area contributed by atoms with Gasteiger partial charge in [0.25, 0.3) is 0 Å². The summed E-state index contributed by atoms with van der Waals surface area (Å²) in [4.78, 5) is 14.8. The number of benzene rings is 1. The second kappa shape index (κ2) is 7.09. The van der Waals surface area contributed by atoms with Crippen molar-refractivity contribution in [2.45, 2.75) is 19.9 Å². The van der Waals surface area contributed by atoms with E-state index >= 15 is 0 Å². The van der Waals surface area contributed by atoms with Crippen molar-refractivity contribution < 1.29 is 14.3 Å². The lowest BCUT2D eigenvalue weighted by molar-refractivity contribution is -0.110. The minimum atomic E-state index is -0.727. The van der Waals surface area contributed by atoms with Crippen LogP contribution in [0.25, 0.3) is 4.91 Å². The van der Waals surface area contributed by atoms with Crippen LogP contribution in [0.3, 0.4) is 0 Å². The largest absolute Gasteiger partial charge is 0.505 e. The molecule has 0 bridgehead atoms. The maximum atomic E-state index is 14.3. The van der Waals surface area contributed by atoms with Crippen LogP contribution >= 0.6 is 11.8 Å². The Bertz CT molecular complexity index is 558. The second-order valence-corrected chi connectivity index (χ2v) is 4.96. The van der Waals surface area contributed by atoms with Gasteiger partial charge in [-0.05, 0) is 26.8 Å². The normalized spacial score (nSPS) is 13.4. The molecule has 0 radical (unpaired) electrons. The predicted molar refractivity (Wildman–Crippen MR) is 81.3 cm³/mol. The minimum Gasteiger partial charge on any atom is -0.505 e. The molecule has 0 saturated heterocycles. The van der Waals surface area contributed by atoms with Gasteiger partial charge < -0.3 is 10.4 Å². The molecule has 0 saturated carbocycles. The number of nitrogens with zero attached hydrogens (tertiary/aromatic N) is 1. The van der Waals surface area contributed by atoms with Crippen LogP contribution in [0.15, 0.2) is 22.8 Å². The fourth-order valence-corrected chi connectivity index (χ4v) is 2.56. The van der Waals surface area contributed by atoms with Crippen LogP contribution in [0.5, 0.6) is 5.75 Å². The monoisotopic (exact) mass is 296 g/mol. The van der Waals surface area contributed by atoms with Gasteiger partial charge in [0.05, 0.1) is 11.7 Å². The Hall–Kier alpha value is -1.82. The SMILES string of the molecule is C=N/C(C)=C(\SC)c1ccc([C@H](C)NC=O)c(O)c1F. The quantitative estimate of drug-likeness (QED) is 0.626. The van der Waals surface area contributed by atoms with E-state index in [0.717, 1.165) is 0 Å². The van der Waals surface area contributed by atoms with Crippen molar-refractivity contribution >= 4 is 29.8 Å². The fraction of sp³-hybridized carbons (Fsp3) is 0.286. The molecule has 0 aliphatic heterocycles. The van der Waals surface area contributed by atoms with E-state index in [1.165, 1.54) is 11.8 Å². The van der Waals surface area contributed by atoms with Crippen molar-refractivity contribution in [1.29, 1.82) is 0 Å². The third-order valence-electron chi connectivity index (χ3n) is 2.95. The molecule has 2 N–H and O–H groups in total. The van der Waals surface area contributed by atoms with Crippen molar-refractivity contribution in [2.24, 2.45) is 4.99 Å². The van der Waals surface area contributed by atoms with Crippen LogP contribution < -0.4 is 5.32 Å². The molecule has 0 aliphatic rings. The number of phenolic OH excluding ortho intramolecular Hbond substituents is 1. The number of aromatic hydroxyl groups is 1. The van der Waals surface area contributed by atoms with Gasteiger partial charge in [-0.15, -0.1) is 11.8 Å². The van der Waals surface area contributed by atoms with E-state index in [1.54, 1.807) is 32.2 Å². The highest BCUT2D eigenvalue weighted by Crippen LogP contribution is 2.37. The third-order valence-corrected chi connectivity index (χ3v) is 3.87. The molecule has 1 aromatic carbocycles. The van der Waals surface area contributed by atoms with Gasteiger partial charge in [0.1, 0.15) is 0 Å². The van der Waals surface area contributed by atoms with E-state index in [0.29, 0.717) is 22.6 Å². The number of hydrogen-bond donors (Lipinski definition) is 2. The van der Waals surface area contributed by atoms with Crippen molar-refractivity contribution in [3.8, 4) is 5.75 Å². The van der Waals surface area contributed by atoms with Gasteiger partial charge in [0.2, 0.25) is 6.41 Å². The molecule has 0 aliphatic carbocycles. The molecule has 4 nitrogen and oxygen atoms in total. The van der Waals surface area contributed by atoms with Crippen LogP contribution in [0.4, 0.5) is 4.39 Å². The highest BCUT2D eigenvalue weighted by molar-refractivity contribution is 8.07. The summed E-state index contributed by atoms with van der Waals surface area (Å²) in [5.41, 5.74) is 1.17. The number of halogens is 1. The standard InChI is InChI=1S/C14H17FN2O2S/c1-8(17-7-18)10-5-6-11(12(15)13(10)19)14(20-4)9(2)16-3/h5-8,19H,3H2,1-2,4H3,(H,17,18)/b14-9-/t8-/m0/s1. The number of amides is 1. The lowest BCUT2D eigenvalue weighted by Crippen LogP contribution is -2.16. The van der Waals surface area contributed by atoms with Crippen molar-refractivity contribution in [3.05, 3.63) is 34.8 Å². The number of hydrogen-bond acceptors (Lipinski definition) is 4. The Morgan fingerprint density at radius 2 is 2.25 bits per heavy atom. The third kappa shape index (κ3) is 3.19. The summed E-state index contributed by atoms with van der Waals surface area (Å²) >= 11 is 1.33. The number of aliphatic imine (C=N–C) groups is 1. The fourth-order valence-electron chi connectivity index (χ4n) is 1.82. The first-order valence-electron chi connectivity index (χ1n) is 5.90. The summed E-state index contributed by atoms with van der Waals surface area (Å²) in [6, 6.07) is 2.67. The smallest absolute Gasteiger partial charge is 0.207 e. The zero-order chi connectivity index (χ0) is 15.3. The first-order valence-corrected chi connectivity index (χ1v) is 7.13. The summed E-state index contributed by atoms with van der Waals surface area (Å²) in [5.74, 6) is -1.19. The van der Waals surface area contributed by atoms with E-state index in [1.807, 2.05) is 0 Å². The zero-order valence-electron chi connectivity index (χ0n) is 11.6. The van der Waals surface area contributed by atoms with Gasteiger partial charge in [-0.25, -0.2) is 4.39 Å². The van der Waals surface area contributed by atoms with Gasteiger partial charge >= 0.3 is 0 Å². The summed E-state index contributed by atoms with van der Waals surface area (Å²) in [7, 11) is 0. The zero-order valence-corrected chi connectivity index (χ0v) is 12.4. The number of nitrogens with one attached hydrogen (secondary N) is 1. The average Bonchev–Trinajstić information content (AvgIpc) is 2.44. The van der Waals surface area contributed by atoms with Gasteiger partial charge in [-0.1, -0.05) is 12.1 Å². The van der Waals surface area contributed by atoms with Gasteiger partial charge in [-0.2, -0.15) is 0 Å². The molecule has 0 fully saturated rings. The predicted octanol–water partition coefficient (Wildman–Crippen LogP) is 3.09. The molecule has 1 amide bonds. The van der Waals surface area contributed by atoms with E-state index in [4.69, 9.17) is 0 Å². The maximum Gasteiger partial charge on any atom is 0.207 e. The minimum absolute atomic E-state index is 0.266. The highest BCUT2D eigenvalue weighted by Gasteiger charge is 2.19. The summed E-state index contributed by atoms with van der Waals surface area (Å²) in [6.45, 7) is 6.80. The first-order chi connectivity index (χ1) is 9.47. The topological polar surface area (TPSA) is 61.7 Å².